The van der Waals surface area contributed by atoms with Crippen molar-refractivity contribution in [3.05, 3.63) is 42.0 Å². The third-order valence-corrected chi connectivity index (χ3v) is 3.92. The number of hydrogen-bond acceptors (Lipinski definition) is 3. The highest BCUT2D eigenvalue weighted by molar-refractivity contribution is 6.03. The molecule has 2 aromatic rings. The Hall–Kier alpha value is -2.07. The number of nitrogens with zero attached hydrogens (tertiary/aromatic N) is 1. The molecule has 104 valence electrons. The van der Waals surface area contributed by atoms with E-state index >= 15 is 0 Å². The zero-order valence-corrected chi connectivity index (χ0v) is 11.5. The van der Waals surface area contributed by atoms with Crippen LogP contribution in [0.4, 0.5) is 5.69 Å². The van der Waals surface area contributed by atoms with Crippen LogP contribution in [-0.2, 0) is 4.74 Å². The summed E-state index contributed by atoms with van der Waals surface area (Å²) in [5.41, 5.74) is 7.14. The number of carbonyl (C=O) groups is 1. The number of anilines is 1. The second-order valence-corrected chi connectivity index (χ2v) is 5.22. The van der Waals surface area contributed by atoms with Crippen LogP contribution in [0.1, 0.15) is 16.8 Å². The average Bonchev–Trinajstić information content (AvgIpc) is 2.99. The van der Waals surface area contributed by atoms with Crippen molar-refractivity contribution in [1.82, 2.24) is 4.90 Å². The normalized spacial score (nSPS) is 18.4. The van der Waals surface area contributed by atoms with Crippen LogP contribution in [0.25, 0.3) is 10.8 Å². The first-order valence-corrected chi connectivity index (χ1v) is 6.80. The summed E-state index contributed by atoms with van der Waals surface area (Å²) in [7, 11) is 1.82. The lowest BCUT2D eigenvalue weighted by molar-refractivity contribution is 0.0712. The molecule has 0 radical (unpaired) electrons. The Labute approximate surface area is 118 Å². The number of rotatable bonds is 2. The lowest BCUT2D eigenvalue weighted by atomic mass is 10.0. The second kappa shape index (κ2) is 5.13. The summed E-state index contributed by atoms with van der Waals surface area (Å²) in [6.07, 6.45) is 0.885. The molecule has 4 heteroatoms. The highest BCUT2D eigenvalue weighted by atomic mass is 16.5. The monoisotopic (exact) mass is 270 g/mol. The molecular weight excluding hydrogens is 252 g/mol. The van der Waals surface area contributed by atoms with Gasteiger partial charge >= 0.3 is 0 Å². The van der Waals surface area contributed by atoms with Crippen molar-refractivity contribution in [1.29, 1.82) is 0 Å². The maximum atomic E-state index is 12.6. The zero-order valence-electron chi connectivity index (χ0n) is 11.5. The smallest absolute Gasteiger partial charge is 0.256 e. The van der Waals surface area contributed by atoms with E-state index in [2.05, 4.69) is 0 Å². The molecule has 20 heavy (non-hydrogen) atoms. The van der Waals surface area contributed by atoms with E-state index < -0.39 is 0 Å². The number of amides is 1. The maximum absolute atomic E-state index is 12.6. The van der Waals surface area contributed by atoms with Gasteiger partial charge in [-0.15, -0.1) is 0 Å². The molecule has 0 bridgehead atoms. The maximum Gasteiger partial charge on any atom is 0.256 e. The Morgan fingerprint density at radius 1 is 1.30 bits per heavy atom. The van der Waals surface area contributed by atoms with Crippen LogP contribution >= 0.6 is 0 Å². The van der Waals surface area contributed by atoms with Crippen molar-refractivity contribution < 1.29 is 9.53 Å². The molecule has 1 heterocycles. The van der Waals surface area contributed by atoms with E-state index in [-0.39, 0.29) is 11.9 Å². The summed E-state index contributed by atoms with van der Waals surface area (Å²) < 4.78 is 5.34. The largest absolute Gasteiger partial charge is 0.398 e. The molecule has 2 N–H and O–H groups in total. The van der Waals surface area contributed by atoms with Gasteiger partial charge in [-0.1, -0.05) is 24.3 Å². The van der Waals surface area contributed by atoms with E-state index in [9.17, 15) is 4.79 Å². The first kappa shape index (κ1) is 12.9. The molecule has 0 saturated carbocycles. The average molecular weight is 270 g/mol. The summed E-state index contributed by atoms with van der Waals surface area (Å²) in [5, 5.41) is 2.08. The van der Waals surface area contributed by atoms with Crippen molar-refractivity contribution in [3.8, 4) is 0 Å². The number of fused-ring (bicyclic) bond motifs is 1. The summed E-state index contributed by atoms with van der Waals surface area (Å²) in [6, 6.07) is 11.8. The molecule has 4 nitrogen and oxygen atoms in total. The number of likely N-dealkylation sites (N-methyl/N-ethyl adjacent to an activating group) is 1. The van der Waals surface area contributed by atoms with Crippen LogP contribution in [0, 0.1) is 0 Å². The van der Waals surface area contributed by atoms with E-state index in [1.807, 2.05) is 43.4 Å². The molecule has 1 aliphatic heterocycles. The Balaban J connectivity index is 1.96. The Morgan fingerprint density at radius 3 is 2.65 bits per heavy atom. The molecule has 1 amide bonds. The molecule has 0 aliphatic carbocycles. The SMILES string of the molecule is CN(C(=O)c1cc2ccccc2cc1N)C1CCOC1. The number of carbonyl (C=O) groups excluding carboxylic acids is 1. The highest BCUT2D eigenvalue weighted by Crippen LogP contribution is 2.24. The van der Waals surface area contributed by atoms with E-state index in [1.54, 1.807) is 4.90 Å². The van der Waals surface area contributed by atoms with E-state index in [0.29, 0.717) is 17.9 Å². The van der Waals surface area contributed by atoms with E-state index in [1.165, 1.54) is 0 Å². The summed E-state index contributed by atoms with van der Waals surface area (Å²) >= 11 is 0. The molecule has 1 atom stereocenters. The number of hydrogen-bond donors (Lipinski definition) is 1. The van der Waals surface area contributed by atoms with Gasteiger partial charge in [0.2, 0.25) is 0 Å². The van der Waals surface area contributed by atoms with Gasteiger partial charge in [-0.2, -0.15) is 0 Å². The third-order valence-electron chi connectivity index (χ3n) is 3.92. The number of nitrogens with two attached hydrogens (primary N) is 1. The minimum atomic E-state index is -0.0382. The molecule has 1 fully saturated rings. The van der Waals surface area contributed by atoms with Crippen molar-refractivity contribution in [2.24, 2.45) is 0 Å². The van der Waals surface area contributed by atoms with Gasteiger partial charge in [0.05, 0.1) is 18.2 Å². The number of ether oxygens (including phenoxy) is 1. The molecule has 0 spiro atoms. The van der Waals surface area contributed by atoms with Gasteiger partial charge < -0.3 is 15.4 Å². The lowest BCUT2D eigenvalue weighted by Gasteiger charge is -2.24. The fourth-order valence-electron chi connectivity index (χ4n) is 2.63. The second-order valence-electron chi connectivity index (χ2n) is 5.22. The van der Waals surface area contributed by atoms with Crippen molar-refractivity contribution >= 4 is 22.4 Å². The fourth-order valence-corrected chi connectivity index (χ4v) is 2.63. The lowest BCUT2D eigenvalue weighted by Crippen LogP contribution is -2.37. The topological polar surface area (TPSA) is 55.6 Å². The van der Waals surface area contributed by atoms with Crippen LogP contribution in [0.2, 0.25) is 0 Å². The molecule has 1 unspecified atom stereocenters. The van der Waals surface area contributed by atoms with Crippen LogP contribution < -0.4 is 5.73 Å². The standard InChI is InChI=1S/C16H18N2O2/c1-18(13-6-7-20-10-13)16(19)14-8-11-4-2-3-5-12(11)9-15(14)17/h2-5,8-9,13H,6-7,10,17H2,1H3. The predicted octanol–water partition coefficient (Wildman–Crippen LogP) is 2.28. The molecule has 1 saturated heterocycles. The van der Waals surface area contributed by atoms with Crippen LogP contribution in [-0.4, -0.2) is 37.1 Å². The van der Waals surface area contributed by atoms with Gasteiger partial charge in [0.1, 0.15) is 0 Å². The van der Waals surface area contributed by atoms with Crippen molar-refractivity contribution in [2.75, 3.05) is 26.0 Å². The minimum absolute atomic E-state index is 0.0382. The van der Waals surface area contributed by atoms with Gasteiger partial charge in [0, 0.05) is 19.3 Å². The van der Waals surface area contributed by atoms with E-state index in [0.717, 1.165) is 23.8 Å². The molecule has 2 aromatic carbocycles. The minimum Gasteiger partial charge on any atom is -0.398 e. The van der Waals surface area contributed by atoms with Gasteiger partial charge in [-0.25, -0.2) is 0 Å². The van der Waals surface area contributed by atoms with Crippen LogP contribution in [0.3, 0.4) is 0 Å². The number of benzene rings is 2. The Morgan fingerprint density at radius 2 is 2.00 bits per heavy atom. The van der Waals surface area contributed by atoms with Gasteiger partial charge in [0.15, 0.2) is 0 Å². The Kier molecular flexibility index (Phi) is 3.32. The summed E-state index contributed by atoms with van der Waals surface area (Å²) in [4.78, 5) is 14.3. The summed E-state index contributed by atoms with van der Waals surface area (Å²) in [5.74, 6) is -0.0382. The third kappa shape index (κ3) is 2.23. The van der Waals surface area contributed by atoms with Crippen molar-refractivity contribution in [3.63, 3.8) is 0 Å². The zero-order chi connectivity index (χ0) is 14.1. The highest BCUT2D eigenvalue weighted by Gasteiger charge is 2.26. The summed E-state index contributed by atoms with van der Waals surface area (Å²) in [6.45, 7) is 1.32. The molecular formula is C16H18N2O2. The van der Waals surface area contributed by atoms with E-state index in [4.69, 9.17) is 10.5 Å². The number of nitrogen functional groups attached to an aromatic ring is 1. The quantitative estimate of drug-likeness (QED) is 0.852. The van der Waals surface area contributed by atoms with Gasteiger partial charge in [0.25, 0.3) is 5.91 Å². The van der Waals surface area contributed by atoms with Gasteiger partial charge in [-0.3, -0.25) is 4.79 Å². The first-order chi connectivity index (χ1) is 9.66. The molecule has 3 rings (SSSR count). The van der Waals surface area contributed by atoms with Crippen molar-refractivity contribution in [2.45, 2.75) is 12.5 Å². The Bertz CT molecular complexity index is 648. The van der Waals surface area contributed by atoms with Gasteiger partial charge in [-0.05, 0) is 29.3 Å². The molecule has 0 aromatic heterocycles. The predicted molar refractivity (Wildman–Crippen MR) is 79.7 cm³/mol. The fraction of sp³-hybridized carbons (Fsp3) is 0.312. The first-order valence-electron chi connectivity index (χ1n) is 6.80. The van der Waals surface area contributed by atoms with Crippen LogP contribution in [0.5, 0.6) is 0 Å². The molecule has 1 aliphatic rings. The van der Waals surface area contributed by atoms with Crippen LogP contribution in [0.15, 0.2) is 36.4 Å².